The molecule has 0 aliphatic heterocycles. The van der Waals surface area contributed by atoms with Gasteiger partial charge in [-0.25, -0.2) is 17.2 Å². The number of carbonyl (C=O) groups is 1. The van der Waals surface area contributed by atoms with Crippen LogP contribution in [0.15, 0.2) is 89.8 Å². The van der Waals surface area contributed by atoms with E-state index in [-0.39, 0.29) is 17.2 Å². The summed E-state index contributed by atoms with van der Waals surface area (Å²) in [6.07, 6.45) is 0. The molecule has 0 unspecified atom stereocenters. The first-order valence-corrected chi connectivity index (χ1v) is 11.2. The van der Waals surface area contributed by atoms with Gasteiger partial charge in [0.15, 0.2) is 0 Å². The van der Waals surface area contributed by atoms with Gasteiger partial charge in [0.05, 0.1) is 17.0 Å². The van der Waals surface area contributed by atoms with E-state index in [1.807, 2.05) is 30.3 Å². The number of hydrogen-bond acceptors (Lipinski definition) is 5. The Bertz CT molecular complexity index is 1310. The summed E-state index contributed by atoms with van der Waals surface area (Å²) < 4.78 is 38.9. The number of esters is 1. The molecule has 4 rings (SSSR count). The number of fused-ring (bicyclic) bond motifs is 1. The Morgan fingerprint density at radius 2 is 1.58 bits per heavy atom. The molecule has 0 amide bonds. The zero-order chi connectivity index (χ0) is 21.8. The van der Waals surface area contributed by atoms with Crippen LogP contribution in [0.3, 0.4) is 0 Å². The molecule has 0 atom stereocenters. The molecule has 0 radical (unpaired) electrons. The maximum Gasteiger partial charge on any atom is 0.356 e. The predicted octanol–water partition coefficient (Wildman–Crippen LogP) is 4.63. The molecular weight excluding hydrogens is 414 g/mol. The average molecular weight is 436 g/mol. The summed E-state index contributed by atoms with van der Waals surface area (Å²) in [6, 6.07) is 24.3. The highest BCUT2D eigenvalue weighted by Crippen LogP contribution is 2.29. The Labute approximate surface area is 180 Å². The Morgan fingerprint density at radius 1 is 0.903 bits per heavy atom. The second-order valence-electron chi connectivity index (χ2n) is 6.83. The van der Waals surface area contributed by atoms with Gasteiger partial charge in [-0.15, -0.1) is 0 Å². The minimum absolute atomic E-state index is 0.0547. The molecular formula is C24H21NO5S. The van der Waals surface area contributed by atoms with E-state index < -0.39 is 16.0 Å². The molecule has 1 heterocycles. The summed E-state index contributed by atoms with van der Waals surface area (Å²) >= 11 is 0. The van der Waals surface area contributed by atoms with Crippen LogP contribution in [-0.2, 0) is 21.4 Å². The summed E-state index contributed by atoms with van der Waals surface area (Å²) in [7, 11) is -4.04. The van der Waals surface area contributed by atoms with Gasteiger partial charge in [0, 0.05) is 11.5 Å². The molecule has 0 saturated carbocycles. The summed E-state index contributed by atoms with van der Waals surface area (Å²) in [5.74, 6) is -0.209. The maximum atomic E-state index is 13.4. The van der Waals surface area contributed by atoms with E-state index in [1.165, 1.54) is 18.2 Å². The summed E-state index contributed by atoms with van der Waals surface area (Å²) in [5.41, 5.74) is 1.28. The molecule has 1 aromatic heterocycles. The smallest absolute Gasteiger partial charge is 0.356 e. The molecule has 158 valence electrons. The van der Waals surface area contributed by atoms with E-state index in [0.29, 0.717) is 23.3 Å². The lowest BCUT2D eigenvalue weighted by Gasteiger charge is -2.12. The van der Waals surface area contributed by atoms with E-state index in [9.17, 15) is 13.2 Å². The van der Waals surface area contributed by atoms with Crippen molar-refractivity contribution in [2.24, 2.45) is 0 Å². The van der Waals surface area contributed by atoms with Crippen LogP contribution in [0.1, 0.15) is 23.0 Å². The van der Waals surface area contributed by atoms with Gasteiger partial charge in [-0.05, 0) is 42.8 Å². The molecule has 0 aliphatic rings. The van der Waals surface area contributed by atoms with Crippen molar-refractivity contribution < 1.29 is 22.7 Å². The van der Waals surface area contributed by atoms with Crippen LogP contribution in [0, 0.1) is 0 Å². The fraction of sp³-hybridized carbons (Fsp3) is 0.125. The fourth-order valence-corrected chi connectivity index (χ4v) is 4.81. The van der Waals surface area contributed by atoms with Crippen molar-refractivity contribution in [1.29, 1.82) is 0 Å². The van der Waals surface area contributed by atoms with Gasteiger partial charge in [0.25, 0.3) is 10.0 Å². The van der Waals surface area contributed by atoms with E-state index >= 15 is 0 Å². The largest absolute Gasteiger partial charge is 0.489 e. The highest BCUT2D eigenvalue weighted by molar-refractivity contribution is 7.90. The van der Waals surface area contributed by atoms with Gasteiger partial charge in [-0.2, -0.15) is 0 Å². The molecule has 0 fully saturated rings. The zero-order valence-corrected chi connectivity index (χ0v) is 17.7. The first-order valence-electron chi connectivity index (χ1n) is 9.80. The third-order valence-electron chi connectivity index (χ3n) is 4.75. The lowest BCUT2D eigenvalue weighted by Crippen LogP contribution is -2.19. The number of aromatic nitrogens is 1. The average Bonchev–Trinajstić information content (AvgIpc) is 3.19. The molecule has 6 nitrogen and oxygen atoms in total. The summed E-state index contributed by atoms with van der Waals surface area (Å²) in [4.78, 5) is 12.6. The van der Waals surface area contributed by atoms with Crippen LogP contribution in [0.2, 0.25) is 0 Å². The Morgan fingerprint density at radius 3 is 2.26 bits per heavy atom. The SMILES string of the molecule is CCOC(=O)c1cc2ccc(OCc3ccccc3)cc2n1S(=O)(=O)c1ccccc1. The number of benzene rings is 3. The van der Waals surface area contributed by atoms with Crippen molar-refractivity contribution >= 4 is 26.9 Å². The monoisotopic (exact) mass is 435 g/mol. The number of hydrogen-bond donors (Lipinski definition) is 0. The first-order chi connectivity index (χ1) is 15.0. The molecule has 3 aromatic carbocycles. The van der Waals surface area contributed by atoms with Crippen LogP contribution in [0.5, 0.6) is 5.75 Å². The zero-order valence-electron chi connectivity index (χ0n) is 16.9. The van der Waals surface area contributed by atoms with Crippen molar-refractivity contribution in [1.82, 2.24) is 3.97 Å². The van der Waals surface area contributed by atoms with Crippen molar-refractivity contribution in [2.45, 2.75) is 18.4 Å². The van der Waals surface area contributed by atoms with Gasteiger partial charge in [-0.3, -0.25) is 0 Å². The molecule has 0 saturated heterocycles. The fourth-order valence-electron chi connectivity index (χ4n) is 3.29. The topological polar surface area (TPSA) is 74.6 Å². The Hall–Kier alpha value is -3.58. The Balaban J connectivity index is 1.82. The van der Waals surface area contributed by atoms with Gasteiger partial charge in [-0.1, -0.05) is 48.5 Å². The van der Waals surface area contributed by atoms with Crippen molar-refractivity contribution in [3.63, 3.8) is 0 Å². The molecule has 7 heteroatoms. The van der Waals surface area contributed by atoms with Crippen LogP contribution in [0.4, 0.5) is 0 Å². The highest BCUT2D eigenvalue weighted by atomic mass is 32.2. The standard InChI is InChI=1S/C24H21NO5S/c1-2-29-24(26)23-15-19-13-14-20(30-17-18-9-5-3-6-10-18)16-22(19)25(23)31(27,28)21-11-7-4-8-12-21/h3-16H,2,17H2,1H3. The molecule has 0 N–H and O–H groups in total. The maximum absolute atomic E-state index is 13.4. The van der Waals surface area contributed by atoms with E-state index in [1.54, 1.807) is 43.3 Å². The second-order valence-corrected chi connectivity index (χ2v) is 8.61. The van der Waals surface area contributed by atoms with Crippen molar-refractivity contribution in [3.05, 3.63) is 96.2 Å². The van der Waals surface area contributed by atoms with Crippen LogP contribution in [-0.4, -0.2) is 25.0 Å². The van der Waals surface area contributed by atoms with Gasteiger partial charge in [0.1, 0.15) is 18.1 Å². The number of carbonyl (C=O) groups excluding carboxylic acids is 1. The van der Waals surface area contributed by atoms with Crippen LogP contribution >= 0.6 is 0 Å². The predicted molar refractivity (Wildman–Crippen MR) is 118 cm³/mol. The minimum Gasteiger partial charge on any atom is -0.489 e. The number of nitrogens with zero attached hydrogens (tertiary/aromatic N) is 1. The molecule has 0 aliphatic carbocycles. The number of rotatable bonds is 7. The minimum atomic E-state index is -4.04. The van der Waals surface area contributed by atoms with E-state index in [0.717, 1.165) is 9.54 Å². The third-order valence-corrected chi connectivity index (χ3v) is 6.49. The second kappa shape index (κ2) is 8.65. The first kappa shape index (κ1) is 20.7. The molecule has 31 heavy (non-hydrogen) atoms. The van der Waals surface area contributed by atoms with E-state index in [4.69, 9.17) is 9.47 Å². The molecule has 4 aromatic rings. The molecule has 0 spiro atoms. The van der Waals surface area contributed by atoms with Crippen molar-refractivity contribution in [2.75, 3.05) is 6.61 Å². The normalized spacial score (nSPS) is 11.4. The van der Waals surface area contributed by atoms with Gasteiger partial charge in [0.2, 0.25) is 0 Å². The van der Waals surface area contributed by atoms with Gasteiger partial charge < -0.3 is 9.47 Å². The number of ether oxygens (including phenoxy) is 2. The quantitative estimate of drug-likeness (QED) is 0.396. The Kier molecular flexibility index (Phi) is 5.77. The lowest BCUT2D eigenvalue weighted by atomic mass is 10.2. The van der Waals surface area contributed by atoms with Crippen LogP contribution in [0.25, 0.3) is 10.9 Å². The third kappa shape index (κ3) is 4.18. The van der Waals surface area contributed by atoms with Crippen molar-refractivity contribution in [3.8, 4) is 5.75 Å². The highest BCUT2D eigenvalue weighted by Gasteiger charge is 2.27. The summed E-state index contributed by atoms with van der Waals surface area (Å²) in [5, 5.41) is 0.592. The van der Waals surface area contributed by atoms with Crippen LogP contribution < -0.4 is 4.74 Å². The summed E-state index contributed by atoms with van der Waals surface area (Å²) in [6.45, 7) is 2.15. The molecule has 0 bridgehead atoms. The van der Waals surface area contributed by atoms with Gasteiger partial charge >= 0.3 is 5.97 Å². The lowest BCUT2D eigenvalue weighted by molar-refractivity contribution is 0.0518. The van der Waals surface area contributed by atoms with E-state index in [2.05, 4.69) is 0 Å².